The first-order valence-corrected chi connectivity index (χ1v) is 4.24. The number of amides is 2. The van der Waals surface area contributed by atoms with Gasteiger partial charge in [-0.2, -0.15) is 0 Å². The molecule has 0 aliphatic carbocycles. The van der Waals surface area contributed by atoms with Gasteiger partial charge in [0.05, 0.1) is 0 Å². The number of urea groups is 1. The van der Waals surface area contributed by atoms with E-state index >= 15 is 0 Å². The van der Waals surface area contributed by atoms with Gasteiger partial charge in [0.1, 0.15) is 0 Å². The Bertz CT molecular complexity index is 125. The molecule has 1 unspecified atom stereocenters. The number of primary amides is 1. The standard InChI is InChI=1S/C6H12N2O.C2H6/c1-5-2-3-8(4-5)6(7)9;1-2/h5H,2-4H2,1H3,(H2,7,9);1-2H3. The molecule has 11 heavy (non-hydrogen) atoms. The van der Waals surface area contributed by atoms with Crippen molar-refractivity contribution in [3.8, 4) is 0 Å². The van der Waals surface area contributed by atoms with Gasteiger partial charge in [0.25, 0.3) is 0 Å². The van der Waals surface area contributed by atoms with Crippen molar-refractivity contribution in [1.82, 2.24) is 4.90 Å². The van der Waals surface area contributed by atoms with Crippen molar-refractivity contribution in [2.75, 3.05) is 13.1 Å². The molecular weight excluding hydrogens is 140 g/mol. The lowest BCUT2D eigenvalue weighted by atomic mass is 10.2. The fourth-order valence-electron chi connectivity index (χ4n) is 1.14. The zero-order valence-electron chi connectivity index (χ0n) is 7.63. The number of nitrogens with two attached hydrogens (primary N) is 1. The molecule has 0 aromatic heterocycles. The lowest BCUT2D eigenvalue weighted by Gasteiger charge is -2.10. The summed E-state index contributed by atoms with van der Waals surface area (Å²) in [6.07, 6.45) is 1.10. The summed E-state index contributed by atoms with van der Waals surface area (Å²) in [6.45, 7) is 7.81. The van der Waals surface area contributed by atoms with E-state index in [4.69, 9.17) is 5.73 Å². The number of carbonyl (C=O) groups excluding carboxylic acids is 1. The molecule has 0 saturated carbocycles. The second kappa shape index (κ2) is 4.99. The van der Waals surface area contributed by atoms with Crippen LogP contribution in [0.2, 0.25) is 0 Å². The molecule has 3 nitrogen and oxygen atoms in total. The largest absolute Gasteiger partial charge is 0.351 e. The first-order valence-electron chi connectivity index (χ1n) is 4.24. The van der Waals surface area contributed by atoms with Gasteiger partial charge in [0.15, 0.2) is 0 Å². The molecular formula is C8H18N2O. The molecule has 3 heteroatoms. The smallest absolute Gasteiger partial charge is 0.314 e. The fraction of sp³-hybridized carbons (Fsp3) is 0.875. The van der Waals surface area contributed by atoms with Crippen LogP contribution in [-0.2, 0) is 0 Å². The molecule has 66 valence electrons. The Kier molecular flexibility index (Phi) is 4.66. The third kappa shape index (κ3) is 3.25. The highest BCUT2D eigenvalue weighted by Gasteiger charge is 2.20. The number of likely N-dealkylation sites (tertiary alicyclic amines) is 1. The lowest BCUT2D eigenvalue weighted by molar-refractivity contribution is 0.217. The topological polar surface area (TPSA) is 46.3 Å². The average molecular weight is 158 g/mol. The Morgan fingerprint density at radius 3 is 2.27 bits per heavy atom. The zero-order valence-corrected chi connectivity index (χ0v) is 7.63. The molecule has 1 rings (SSSR count). The van der Waals surface area contributed by atoms with Crippen LogP contribution in [0.1, 0.15) is 27.2 Å². The maximum Gasteiger partial charge on any atom is 0.314 e. The molecule has 0 aromatic rings. The highest BCUT2D eigenvalue weighted by Crippen LogP contribution is 2.13. The summed E-state index contributed by atoms with van der Waals surface area (Å²) in [6, 6.07) is -0.278. The summed E-state index contributed by atoms with van der Waals surface area (Å²) in [7, 11) is 0. The molecule has 0 aromatic carbocycles. The van der Waals surface area contributed by atoms with E-state index in [0.29, 0.717) is 5.92 Å². The van der Waals surface area contributed by atoms with E-state index in [1.807, 2.05) is 13.8 Å². The van der Waals surface area contributed by atoms with Crippen molar-refractivity contribution >= 4 is 6.03 Å². The SMILES string of the molecule is CC.CC1CCN(C(N)=O)C1. The van der Waals surface area contributed by atoms with Crippen molar-refractivity contribution in [1.29, 1.82) is 0 Å². The van der Waals surface area contributed by atoms with Crippen LogP contribution in [0.4, 0.5) is 4.79 Å². The molecule has 1 saturated heterocycles. The average Bonchev–Trinajstić information content (AvgIpc) is 2.40. The second-order valence-corrected chi connectivity index (χ2v) is 2.68. The van der Waals surface area contributed by atoms with E-state index in [9.17, 15) is 4.79 Å². The predicted molar refractivity (Wildman–Crippen MR) is 46.3 cm³/mol. The highest BCUT2D eigenvalue weighted by atomic mass is 16.2. The summed E-state index contributed by atoms with van der Waals surface area (Å²) < 4.78 is 0. The quantitative estimate of drug-likeness (QED) is 0.569. The van der Waals surface area contributed by atoms with Crippen molar-refractivity contribution in [3.05, 3.63) is 0 Å². The second-order valence-electron chi connectivity index (χ2n) is 2.68. The molecule has 1 aliphatic rings. The minimum Gasteiger partial charge on any atom is -0.351 e. The van der Waals surface area contributed by atoms with E-state index in [1.54, 1.807) is 4.90 Å². The maximum atomic E-state index is 10.5. The number of rotatable bonds is 0. The van der Waals surface area contributed by atoms with Crippen LogP contribution in [0, 0.1) is 5.92 Å². The van der Waals surface area contributed by atoms with Gasteiger partial charge < -0.3 is 10.6 Å². The van der Waals surface area contributed by atoms with Crippen molar-refractivity contribution in [3.63, 3.8) is 0 Å². The molecule has 0 spiro atoms. The first-order chi connectivity index (χ1) is 5.20. The summed E-state index contributed by atoms with van der Waals surface area (Å²) in [5, 5.41) is 0. The normalized spacial score (nSPS) is 22.5. The summed E-state index contributed by atoms with van der Waals surface area (Å²) in [4.78, 5) is 12.2. The van der Waals surface area contributed by atoms with Gasteiger partial charge in [-0.1, -0.05) is 20.8 Å². The lowest BCUT2D eigenvalue weighted by Crippen LogP contribution is -2.33. The van der Waals surface area contributed by atoms with Gasteiger partial charge in [-0.3, -0.25) is 0 Å². The molecule has 1 atom stereocenters. The van der Waals surface area contributed by atoms with E-state index in [2.05, 4.69) is 6.92 Å². The predicted octanol–water partition coefficient (Wildman–Crippen LogP) is 1.43. The minimum absolute atomic E-state index is 0.278. The molecule has 1 fully saturated rings. The Labute approximate surface area is 68.6 Å². The molecule has 1 aliphatic heterocycles. The van der Waals surface area contributed by atoms with Gasteiger partial charge >= 0.3 is 6.03 Å². The number of hydrogen-bond donors (Lipinski definition) is 1. The van der Waals surface area contributed by atoms with Crippen molar-refractivity contribution in [2.24, 2.45) is 11.7 Å². The third-order valence-corrected chi connectivity index (χ3v) is 1.74. The highest BCUT2D eigenvalue weighted by molar-refractivity contribution is 5.72. The molecule has 1 heterocycles. The first kappa shape index (κ1) is 10.3. The van der Waals surface area contributed by atoms with Crippen LogP contribution >= 0.6 is 0 Å². The van der Waals surface area contributed by atoms with Crippen molar-refractivity contribution < 1.29 is 4.79 Å². The number of carbonyl (C=O) groups is 1. The molecule has 0 bridgehead atoms. The van der Waals surface area contributed by atoms with Gasteiger partial charge in [-0.05, 0) is 12.3 Å². The Balaban J connectivity index is 0.000000461. The van der Waals surface area contributed by atoms with E-state index in [-0.39, 0.29) is 6.03 Å². The van der Waals surface area contributed by atoms with Gasteiger partial charge in [-0.15, -0.1) is 0 Å². The minimum atomic E-state index is -0.278. The van der Waals surface area contributed by atoms with Crippen LogP contribution in [0.3, 0.4) is 0 Å². The monoisotopic (exact) mass is 158 g/mol. The van der Waals surface area contributed by atoms with Crippen LogP contribution in [0.25, 0.3) is 0 Å². The fourth-order valence-corrected chi connectivity index (χ4v) is 1.14. The van der Waals surface area contributed by atoms with E-state index in [0.717, 1.165) is 19.5 Å². The van der Waals surface area contributed by atoms with Crippen LogP contribution in [-0.4, -0.2) is 24.0 Å². The van der Waals surface area contributed by atoms with Gasteiger partial charge in [-0.25, -0.2) is 4.79 Å². The Morgan fingerprint density at radius 2 is 2.09 bits per heavy atom. The van der Waals surface area contributed by atoms with E-state index in [1.165, 1.54) is 0 Å². The molecule has 2 N–H and O–H groups in total. The summed E-state index contributed by atoms with van der Waals surface area (Å²) in [5.41, 5.74) is 5.05. The maximum absolute atomic E-state index is 10.5. The van der Waals surface area contributed by atoms with Crippen LogP contribution in [0.5, 0.6) is 0 Å². The van der Waals surface area contributed by atoms with Gasteiger partial charge in [0, 0.05) is 13.1 Å². The number of hydrogen-bond acceptors (Lipinski definition) is 1. The van der Waals surface area contributed by atoms with Crippen molar-refractivity contribution in [2.45, 2.75) is 27.2 Å². The van der Waals surface area contributed by atoms with Crippen LogP contribution in [0.15, 0.2) is 0 Å². The summed E-state index contributed by atoms with van der Waals surface area (Å²) >= 11 is 0. The number of nitrogens with zero attached hydrogens (tertiary/aromatic N) is 1. The molecule has 2 amide bonds. The zero-order chi connectivity index (χ0) is 8.85. The third-order valence-electron chi connectivity index (χ3n) is 1.74. The van der Waals surface area contributed by atoms with E-state index < -0.39 is 0 Å². The Hall–Kier alpha value is -0.730. The summed E-state index contributed by atoms with van der Waals surface area (Å²) in [5.74, 6) is 0.637. The van der Waals surface area contributed by atoms with Gasteiger partial charge in [0.2, 0.25) is 0 Å². The van der Waals surface area contributed by atoms with Crippen LogP contribution < -0.4 is 5.73 Å². The molecule has 0 radical (unpaired) electrons. The Morgan fingerprint density at radius 1 is 1.55 bits per heavy atom.